The highest BCUT2D eigenvalue weighted by Gasteiger charge is 2.35. The maximum Gasteiger partial charge on any atom is 0.347 e. The predicted octanol–water partition coefficient (Wildman–Crippen LogP) is 3.60. The first kappa shape index (κ1) is 19.2. The number of fused-ring (bicyclic) bond motifs is 1. The summed E-state index contributed by atoms with van der Waals surface area (Å²) < 4.78 is 10.6. The molecule has 2 aromatic rings. The summed E-state index contributed by atoms with van der Waals surface area (Å²) in [4.78, 5) is 37.6. The first-order valence-electron chi connectivity index (χ1n) is 8.12. The molecule has 1 aliphatic heterocycles. The van der Waals surface area contributed by atoms with Gasteiger partial charge in [-0.25, -0.2) is 4.79 Å². The predicted molar refractivity (Wildman–Crippen MR) is 99.3 cm³/mol. The summed E-state index contributed by atoms with van der Waals surface area (Å²) in [6, 6.07) is 11.2. The van der Waals surface area contributed by atoms with Gasteiger partial charge < -0.3 is 9.47 Å². The van der Waals surface area contributed by atoms with Gasteiger partial charge in [-0.05, 0) is 37.3 Å². The van der Waals surface area contributed by atoms with Crippen molar-refractivity contribution in [2.45, 2.75) is 13.0 Å². The maximum absolute atomic E-state index is 12.2. The van der Waals surface area contributed by atoms with E-state index in [4.69, 9.17) is 32.7 Å². The summed E-state index contributed by atoms with van der Waals surface area (Å²) in [5.41, 5.74) is 0.700. The van der Waals surface area contributed by atoms with Crippen LogP contribution in [-0.2, 0) is 9.53 Å². The number of halogens is 2. The monoisotopic (exact) mass is 407 g/mol. The third kappa shape index (κ3) is 4.07. The van der Waals surface area contributed by atoms with Gasteiger partial charge in [0.1, 0.15) is 12.4 Å². The summed E-state index contributed by atoms with van der Waals surface area (Å²) in [7, 11) is 0. The van der Waals surface area contributed by atoms with Crippen LogP contribution in [0.15, 0.2) is 42.5 Å². The Hall–Kier alpha value is -2.57. The van der Waals surface area contributed by atoms with Gasteiger partial charge in [-0.3, -0.25) is 14.5 Å². The zero-order valence-corrected chi connectivity index (χ0v) is 15.8. The lowest BCUT2D eigenvalue weighted by molar-refractivity contribution is -0.151. The summed E-state index contributed by atoms with van der Waals surface area (Å²) in [5.74, 6) is -1.14. The lowest BCUT2D eigenvalue weighted by Crippen LogP contribution is -2.35. The maximum atomic E-state index is 12.2. The molecule has 1 aliphatic rings. The number of benzene rings is 2. The zero-order chi connectivity index (χ0) is 19.6. The molecule has 0 N–H and O–H groups in total. The normalized spacial score (nSPS) is 14.1. The molecule has 0 aliphatic carbocycles. The van der Waals surface area contributed by atoms with E-state index < -0.39 is 23.9 Å². The number of carbonyl (C=O) groups is 3. The quantitative estimate of drug-likeness (QED) is 0.540. The molecule has 1 atom stereocenters. The summed E-state index contributed by atoms with van der Waals surface area (Å²) in [5, 5.41) is 0.719. The van der Waals surface area contributed by atoms with Crippen LogP contribution in [0.2, 0.25) is 10.0 Å². The van der Waals surface area contributed by atoms with Gasteiger partial charge in [-0.1, -0.05) is 35.3 Å². The number of amides is 2. The SMILES string of the molecule is CC(Oc1ccc(Cl)cc1Cl)C(=O)OCCN1C(=O)c2ccccc2C1=O. The second-order valence-corrected chi connectivity index (χ2v) is 6.65. The number of imide groups is 1. The number of nitrogens with zero attached hydrogens (tertiary/aromatic N) is 1. The Morgan fingerprint density at radius 2 is 1.70 bits per heavy atom. The number of carbonyl (C=O) groups excluding carboxylic acids is 3. The van der Waals surface area contributed by atoms with Crippen LogP contribution in [-0.4, -0.2) is 41.9 Å². The summed E-state index contributed by atoms with van der Waals surface area (Å²) in [6.07, 6.45) is -0.925. The lowest BCUT2D eigenvalue weighted by Gasteiger charge is -2.17. The highest BCUT2D eigenvalue weighted by molar-refractivity contribution is 6.35. The van der Waals surface area contributed by atoms with Crippen molar-refractivity contribution in [2.75, 3.05) is 13.2 Å². The highest BCUT2D eigenvalue weighted by atomic mass is 35.5. The van der Waals surface area contributed by atoms with Crippen molar-refractivity contribution < 1.29 is 23.9 Å². The minimum absolute atomic E-state index is 0.0352. The van der Waals surface area contributed by atoms with Crippen molar-refractivity contribution in [3.05, 3.63) is 63.6 Å². The molecule has 2 amide bonds. The average molecular weight is 408 g/mol. The Balaban J connectivity index is 1.52. The van der Waals surface area contributed by atoms with Crippen molar-refractivity contribution in [1.29, 1.82) is 0 Å². The first-order valence-corrected chi connectivity index (χ1v) is 8.87. The van der Waals surface area contributed by atoms with E-state index in [0.717, 1.165) is 4.90 Å². The van der Waals surface area contributed by atoms with Crippen molar-refractivity contribution in [3.8, 4) is 5.75 Å². The van der Waals surface area contributed by atoms with Crippen LogP contribution in [0.4, 0.5) is 0 Å². The number of rotatable bonds is 6. The zero-order valence-electron chi connectivity index (χ0n) is 14.3. The second kappa shape index (κ2) is 7.98. The van der Waals surface area contributed by atoms with Gasteiger partial charge >= 0.3 is 5.97 Å². The van der Waals surface area contributed by atoms with E-state index in [9.17, 15) is 14.4 Å². The Labute approximate surface area is 165 Å². The molecule has 1 heterocycles. The molecular formula is C19H15Cl2NO5. The molecule has 0 aromatic heterocycles. The van der Waals surface area contributed by atoms with Gasteiger partial charge in [-0.2, -0.15) is 0 Å². The van der Waals surface area contributed by atoms with Crippen LogP contribution in [0.5, 0.6) is 5.75 Å². The highest BCUT2D eigenvalue weighted by Crippen LogP contribution is 2.28. The van der Waals surface area contributed by atoms with Gasteiger partial charge in [0, 0.05) is 5.02 Å². The molecule has 0 fully saturated rings. The standard InChI is InChI=1S/C19H15Cl2NO5/c1-11(27-16-7-6-12(20)10-15(16)21)19(25)26-9-8-22-17(23)13-4-2-3-5-14(13)18(22)24/h2-7,10-11H,8-9H2,1H3. The molecule has 0 saturated heterocycles. The van der Waals surface area contributed by atoms with E-state index in [1.807, 2.05) is 0 Å². The molecule has 2 aromatic carbocycles. The number of ether oxygens (including phenoxy) is 2. The third-order valence-corrected chi connectivity index (χ3v) is 4.50. The molecule has 1 unspecified atom stereocenters. The molecule has 0 bridgehead atoms. The molecule has 3 rings (SSSR count). The minimum atomic E-state index is -0.925. The smallest absolute Gasteiger partial charge is 0.347 e. The third-order valence-electron chi connectivity index (χ3n) is 3.97. The number of esters is 1. The Morgan fingerprint density at radius 3 is 2.30 bits per heavy atom. The fourth-order valence-electron chi connectivity index (χ4n) is 2.61. The average Bonchev–Trinajstić information content (AvgIpc) is 2.89. The summed E-state index contributed by atoms with van der Waals surface area (Å²) in [6.45, 7) is 1.34. The van der Waals surface area contributed by atoms with Crippen molar-refractivity contribution in [3.63, 3.8) is 0 Å². The topological polar surface area (TPSA) is 72.9 Å². The van der Waals surface area contributed by atoms with Gasteiger partial charge in [0.2, 0.25) is 0 Å². The molecule has 0 spiro atoms. The van der Waals surface area contributed by atoms with Gasteiger partial charge in [0.25, 0.3) is 11.8 Å². The number of hydrogen-bond donors (Lipinski definition) is 0. The molecule has 27 heavy (non-hydrogen) atoms. The Morgan fingerprint density at radius 1 is 1.07 bits per heavy atom. The Bertz CT molecular complexity index is 880. The van der Waals surface area contributed by atoms with Gasteiger partial charge in [0.05, 0.1) is 22.7 Å². The van der Waals surface area contributed by atoms with E-state index in [1.165, 1.54) is 13.0 Å². The van der Waals surface area contributed by atoms with E-state index in [-0.39, 0.29) is 18.2 Å². The van der Waals surface area contributed by atoms with Crippen LogP contribution >= 0.6 is 23.2 Å². The van der Waals surface area contributed by atoms with Crippen LogP contribution < -0.4 is 4.74 Å². The van der Waals surface area contributed by atoms with Gasteiger partial charge in [0.15, 0.2) is 6.10 Å². The van der Waals surface area contributed by atoms with Crippen LogP contribution in [0.1, 0.15) is 27.6 Å². The molecule has 0 saturated carbocycles. The van der Waals surface area contributed by atoms with E-state index >= 15 is 0 Å². The van der Waals surface area contributed by atoms with Crippen molar-refractivity contribution in [1.82, 2.24) is 4.90 Å². The summed E-state index contributed by atoms with van der Waals surface area (Å²) >= 11 is 11.8. The minimum Gasteiger partial charge on any atom is -0.477 e. The van der Waals surface area contributed by atoms with Crippen molar-refractivity contribution in [2.24, 2.45) is 0 Å². The Kier molecular flexibility index (Phi) is 5.68. The van der Waals surface area contributed by atoms with E-state index in [1.54, 1.807) is 36.4 Å². The molecule has 0 radical (unpaired) electrons. The molecule has 8 heteroatoms. The van der Waals surface area contributed by atoms with Crippen LogP contribution in [0.25, 0.3) is 0 Å². The largest absolute Gasteiger partial charge is 0.477 e. The van der Waals surface area contributed by atoms with Crippen molar-refractivity contribution >= 4 is 41.0 Å². The van der Waals surface area contributed by atoms with E-state index in [2.05, 4.69) is 0 Å². The van der Waals surface area contributed by atoms with E-state index in [0.29, 0.717) is 21.9 Å². The molecule has 140 valence electrons. The first-order chi connectivity index (χ1) is 12.9. The van der Waals surface area contributed by atoms with Crippen LogP contribution in [0.3, 0.4) is 0 Å². The number of hydrogen-bond acceptors (Lipinski definition) is 5. The fourth-order valence-corrected chi connectivity index (χ4v) is 3.06. The van der Waals surface area contributed by atoms with Crippen LogP contribution in [0, 0.1) is 0 Å². The van der Waals surface area contributed by atoms with Gasteiger partial charge in [-0.15, -0.1) is 0 Å². The molecule has 6 nitrogen and oxygen atoms in total. The molecular weight excluding hydrogens is 393 g/mol. The lowest BCUT2D eigenvalue weighted by atomic mass is 10.1. The second-order valence-electron chi connectivity index (χ2n) is 5.81. The fraction of sp³-hybridized carbons (Fsp3) is 0.211.